The second-order valence-electron chi connectivity index (χ2n) is 2.28. The van der Waals surface area contributed by atoms with Crippen LogP contribution in [0.25, 0.3) is 6.08 Å². The van der Waals surface area contributed by atoms with Crippen molar-refractivity contribution in [3.8, 4) is 0 Å². The Kier molecular flexibility index (Phi) is 2.85. The van der Waals surface area contributed by atoms with Crippen LogP contribution in [0.1, 0.15) is 5.76 Å². The molecule has 1 aromatic heterocycles. The maximum Gasteiger partial charge on any atom is 0.433 e. The monoisotopic (exact) mass is 197 g/mol. The molecule has 14 heavy (non-hydrogen) atoms. The van der Waals surface area contributed by atoms with Gasteiger partial charge in [0.1, 0.15) is 10.7 Å². The van der Waals surface area contributed by atoms with Crippen molar-refractivity contribution in [2.75, 3.05) is 0 Å². The maximum absolute atomic E-state index is 10.2. The Morgan fingerprint density at radius 3 is 2.86 bits per heavy atom. The lowest BCUT2D eigenvalue weighted by molar-refractivity contribution is -0.402. The Bertz CT molecular complexity index is 382. The van der Waals surface area contributed by atoms with Crippen LogP contribution in [-0.4, -0.2) is 11.0 Å². The molecule has 7 nitrogen and oxygen atoms in total. The van der Waals surface area contributed by atoms with Gasteiger partial charge in [-0.25, -0.2) is 4.79 Å². The molecule has 74 valence electrons. The zero-order valence-electron chi connectivity index (χ0n) is 6.97. The Morgan fingerprint density at radius 1 is 1.64 bits per heavy atom. The number of nitrogens with one attached hydrogen (secondary N) is 1. The molecule has 3 N–H and O–H groups in total. The van der Waals surface area contributed by atoms with Crippen molar-refractivity contribution in [1.82, 2.24) is 5.32 Å². The first kappa shape index (κ1) is 9.78. The van der Waals surface area contributed by atoms with Crippen LogP contribution in [0.15, 0.2) is 22.7 Å². The fourth-order valence-electron chi connectivity index (χ4n) is 0.736. The van der Waals surface area contributed by atoms with Crippen LogP contribution in [-0.2, 0) is 0 Å². The smallest absolute Gasteiger partial charge is 0.401 e. The third kappa shape index (κ3) is 2.63. The number of urea groups is 1. The molecule has 0 aliphatic heterocycles. The number of furan rings is 1. The van der Waals surface area contributed by atoms with Gasteiger partial charge in [0, 0.05) is 6.20 Å². The number of nitrogens with two attached hydrogens (primary N) is 1. The van der Waals surface area contributed by atoms with Gasteiger partial charge in [0.25, 0.3) is 0 Å². The highest BCUT2D eigenvalue weighted by atomic mass is 16.6. The predicted molar refractivity (Wildman–Crippen MR) is 47.1 cm³/mol. The Labute approximate surface area is 78.3 Å². The van der Waals surface area contributed by atoms with Crippen LogP contribution in [0.4, 0.5) is 10.7 Å². The molecule has 0 saturated heterocycles. The summed E-state index contributed by atoms with van der Waals surface area (Å²) in [6, 6.07) is 1.89. The lowest BCUT2D eigenvalue weighted by Gasteiger charge is -1.88. The van der Waals surface area contributed by atoms with Gasteiger partial charge in [-0.2, -0.15) is 0 Å². The number of carbonyl (C=O) groups excluding carboxylic acids is 1. The van der Waals surface area contributed by atoms with E-state index < -0.39 is 11.0 Å². The fraction of sp³-hybridized carbons (Fsp3) is 0. The zero-order valence-corrected chi connectivity index (χ0v) is 6.97. The van der Waals surface area contributed by atoms with E-state index in [2.05, 4.69) is 5.32 Å². The molecule has 1 rings (SSSR count). The summed E-state index contributed by atoms with van der Waals surface area (Å²) >= 11 is 0. The van der Waals surface area contributed by atoms with Crippen molar-refractivity contribution in [2.24, 2.45) is 5.73 Å². The molecule has 0 atom stereocenters. The Balaban J connectivity index is 2.64. The van der Waals surface area contributed by atoms with Gasteiger partial charge in [0.2, 0.25) is 0 Å². The van der Waals surface area contributed by atoms with E-state index in [0.717, 1.165) is 0 Å². The molecular weight excluding hydrogens is 190 g/mol. The van der Waals surface area contributed by atoms with Crippen molar-refractivity contribution >= 4 is 18.0 Å². The molecule has 0 aliphatic carbocycles. The van der Waals surface area contributed by atoms with Crippen molar-refractivity contribution in [3.05, 3.63) is 34.2 Å². The molecule has 7 heteroatoms. The van der Waals surface area contributed by atoms with E-state index in [4.69, 9.17) is 10.2 Å². The minimum absolute atomic E-state index is 0.255. The summed E-state index contributed by atoms with van der Waals surface area (Å²) in [6.07, 6.45) is 2.57. The number of nitro groups is 1. The first-order valence-electron chi connectivity index (χ1n) is 3.56. The molecule has 0 bridgehead atoms. The molecule has 0 aromatic carbocycles. The molecule has 1 aromatic rings. The fourth-order valence-corrected chi connectivity index (χ4v) is 0.736. The van der Waals surface area contributed by atoms with E-state index in [9.17, 15) is 14.9 Å². The molecule has 0 spiro atoms. The van der Waals surface area contributed by atoms with Crippen molar-refractivity contribution in [1.29, 1.82) is 0 Å². The summed E-state index contributed by atoms with van der Waals surface area (Å²) in [5.74, 6) is -0.103. The molecule has 0 fully saturated rings. The molecule has 0 saturated carbocycles. The minimum atomic E-state index is -0.720. The summed E-state index contributed by atoms with van der Waals surface area (Å²) in [6.45, 7) is 0. The summed E-state index contributed by atoms with van der Waals surface area (Å²) in [5, 5.41) is 12.4. The number of hydrogen-bond acceptors (Lipinski definition) is 4. The number of hydrogen-bond donors (Lipinski definition) is 2. The van der Waals surface area contributed by atoms with Crippen molar-refractivity contribution in [3.63, 3.8) is 0 Å². The largest absolute Gasteiger partial charge is 0.433 e. The highest BCUT2D eigenvalue weighted by Gasteiger charge is 2.09. The van der Waals surface area contributed by atoms with Crippen molar-refractivity contribution < 1.29 is 14.1 Å². The van der Waals surface area contributed by atoms with E-state index in [-0.39, 0.29) is 11.6 Å². The summed E-state index contributed by atoms with van der Waals surface area (Å²) in [5.41, 5.74) is 4.77. The van der Waals surface area contributed by atoms with Crippen LogP contribution in [0.2, 0.25) is 0 Å². The van der Waals surface area contributed by atoms with Crippen LogP contribution >= 0.6 is 0 Å². The molecule has 0 aliphatic rings. The maximum atomic E-state index is 10.2. The molecule has 0 unspecified atom stereocenters. The average Bonchev–Trinajstić information content (AvgIpc) is 2.52. The normalized spacial score (nSPS) is 10.3. The number of nitrogens with zero attached hydrogens (tertiary/aromatic N) is 1. The minimum Gasteiger partial charge on any atom is -0.401 e. The number of rotatable bonds is 3. The highest BCUT2D eigenvalue weighted by molar-refractivity contribution is 5.73. The molecule has 2 amide bonds. The van der Waals surface area contributed by atoms with E-state index in [1.54, 1.807) is 0 Å². The molecule has 1 heterocycles. The summed E-state index contributed by atoms with van der Waals surface area (Å²) in [7, 11) is 0. The van der Waals surface area contributed by atoms with E-state index in [1.807, 2.05) is 0 Å². The quantitative estimate of drug-likeness (QED) is 0.551. The van der Waals surface area contributed by atoms with E-state index in [1.165, 1.54) is 24.4 Å². The summed E-state index contributed by atoms with van der Waals surface area (Å²) in [4.78, 5) is 19.8. The van der Waals surface area contributed by atoms with Crippen LogP contribution < -0.4 is 11.1 Å². The average molecular weight is 197 g/mol. The topological polar surface area (TPSA) is 111 Å². The Morgan fingerprint density at radius 2 is 2.36 bits per heavy atom. The SMILES string of the molecule is NC(=O)N/C=C/c1ccc([N+](=O)[O-])o1. The Hall–Kier alpha value is -2.31. The predicted octanol–water partition coefficient (Wildman–Crippen LogP) is 0.827. The standard InChI is InChI=1S/C7H7N3O4/c8-7(11)9-4-3-5-1-2-6(14-5)10(12)13/h1-4H,(H3,8,9,11)/b4-3+. The van der Waals surface area contributed by atoms with Gasteiger partial charge in [0.15, 0.2) is 0 Å². The first-order chi connectivity index (χ1) is 6.59. The van der Waals surface area contributed by atoms with Crippen molar-refractivity contribution in [2.45, 2.75) is 0 Å². The van der Waals surface area contributed by atoms with Crippen LogP contribution in [0.5, 0.6) is 0 Å². The molecular formula is C7H7N3O4. The lowest BCUT2D eigenvalue weighted by Crippen LogP contribution is -2.23. The third-order valence-corrected chi connectivity index (χ3v) is 1.27. The third-order valence-electron chi connectivity index (χ3n) is 1.27. The first-order valence-corrected chi connectivity index (χ1v) is 3.56. The van der Waals surface area contributed by atoms with Crippen LogP contribution in [0, 0.1) is 10.1 Å². The van der Waals surface area contributed by atoms with Gasteiger partial charge in [0.05, 0.1) is 6.07 Å². The van der Waals surface area contributed by atoms with E-state index >= 15 is 0 Å². The van der Waals surface area contributed by atoms with E-state index in [0.29, 0.717) is 0 Å². The molecule has 0 radical (unpaired) electrons. The van der Waals surface area contributed by atoms with Gasteiger partial charge in [-0.3, -0.25) is 10.1 Å². The van der Waals surface area contributed by atoms with Gasteiger partial charge >= 0.3 is 11.9 Å². The van der Waals surface area contributed by atoms with Gasteiger partial charge < -0.3 is 15.5 Å². The zero-order chi connectivity index (χ0) is 10.6. The second-order valence-corrected chi connectivity index (χ2v) is 2.28. The highest BCUT2D eigenvalue weighted by Crippen LogP contribution is 2.16. The number of carbonyl (C=O) groups is 1. The van der Waals surface area contributed by atoms with Gasteiger partial charge in [-0.15, -0.1) is 0 Å². The van der Waals surface area contributed by atoms with Crippen LogP contribution in [0.3, 0.4) is 0 Å². The lowest BCUT2D eigenvalue weighted by atomic mass is 10.4. The van der Waals surface area contributed by atoms with Gasteiger partial charge in [-0.05, 0) is 12.1 Å². The van der Waals surface area contributed by atoms with Gasteiger partial charge in [-0.1, -0.05) is 0 Å². The summed E-state index contributed by atoms with van der Waals surface area (Å²) < 4.78 is 4.75. The number of primary amides is 1. The second kappa shape index (κ2) is 4.08. The number of amides is 2.